The molecule has 4 heteroatoms. The third-order valence-corrected chi connectivity index (χ3v) is 4.12. The second-order valence-corrected chi connectivity index (χ2v) is 5.62. The SMILES string of the molecule is CCC(N)(NC(=O)NC1CCCCC1)c1ccccc1. The zero-order valence-corrected chi connectivity index (χ0v) is 12.2. The molecule has 0 aromatic heterocycles. The maximum atomic E-state index is 12.2. The summed E-state index contributed by atoms with van der Waals surface area (Å²) in [5.74, 6) is 0. The van der Waals surface area contributed by atoms with E-state index < -0.39 is 5.66 Å². The summed E-state index contributed by atoms with van der Waals surface area (Å²) in [6, 6.07) is 9.85. The number of hydrogen-bond donors (Lipinski definition) is 3. The molecule has 1 unspecified atom stereocenters. The lowest BCUT2D eigenvalue weighted by Crippen LogP contribution is -2.57. The Labute approximate surface area is 121 Å². The highest BCUT2D eigenvalue weighted by atomic mass is 16.2. The molecule has 1 aliphatic carbocycles. The number of amides is 2. The first-order chi connectivity index (χ1) is 9.64. The fourth-order valence-electron chi connectivity index (χ4n) is 2.77. The highest BCUT2D eigenvalue weighted by Gasteiger charge is 2.28. The minimum Gasteiger partial charge on any atom is -0.335 e. The summed E-state index contributed by atoms with van der Waals surface area (Å²) in [4.78, 5) is 12.2. The molecular formula is C16H25N3O. The molecule has 20 heavy (non-hydrogen) atoms. The average molecular weight is 275 g/mol. The molecule has 1 aliphatic rings. The van der Waals surface area contributed by atoms with E-state index in [0.29, 0.717) is 12.5 Å². The van der Waals surface area contributed by atoms with E-state index in [2.05, 4.69) is 10.6 Å². The van der Waals surface area contributed by atoms with Crippen LogP contribution in [0.5, 0.6) is 0 Å². The first-order valence-corrected chi connectivity index (χ1v) is 7.57. The predicted molar refractivity (Wildman–Crippen MR) is 81.1 cm³/mol. The first kappa shape index (κ1) is 14.9. The number of nitrogens with one attached hydrogen (secondary N) is 2. The Morgan fingerprint density at radius 1 is 1.25 bits per heavy atom. The second-order valence-electron chi connectivity index (χ2n) is 5.62. The third-order valence-electron chi connectivity index (χ3n) is 4.12. The van der Waals surface area contributed by atoms with Gasteiger partial charge in [0, 0.05) is 6.04 Å². The van der Waals surface area contributed by atoms with E-state index in [1.165, 1.54) is 19.3 Å². The van der Waals surface area contributed by atoms with E-state index in [9.17, 15) is 4.79 Å². The summed E-state index contributed by atoms with van der Waals surface area (Å²) in [6.07, 6.45) is 6.47. The van der Waals surface area contributed by atoms with Gasteiger partial charge in [0.05, 0.1) is 0 Å². The van der Waals surface area contributed by atoms with Crippen LogP contribution in [0.1, 0.15) is 51.0 Å². The highest BCUT2D eigenvalue weighted by Crippen LogP contribution is 2.20. The lowest BCUT2D eigenvalue weighted by Gasteiger charge is -2.31. The Bertz CT molecular complexity index is 429. The molecule has 1 fully saturated rings. The Balaban J connectivity index is 1.96. The lowest BCUT2D eigenvalue weighted by atomic mass is 9.95. The number of carbonyl (C=O) groups is 1. The molecule has 4 N–H and O–H groups in total. The van der Waals surface area contributed by atoms with E-state index in [1.807, 2.05) is 37.3 Å². The van der Waals surface area contributed by atoms with E-state index in [0.717, 1.165) is 18.4 Å². The van der Waals surface area contributed by atoms with Gasteiger partial charge in [-0.3, -0.25) is 0 Å². The number of carbonyl (C=O) groups excluding carboxylic acids is 1. The smallest absolute Gasteiger partial charge is 0.316 e. The van der Waals surface area contributed by atoms with Gasteiger partial charge in [0.25, 0.3) is 0 Å². The van der Waals surface area contributed by atoms with Crippen LogP contribution in [0.3, 0.4) is 0 Å². The second kappa shape index (κ2) is 6.75. The van der Waals surface area contributed by atoms with Crippen molar-refractivity contribution in [3.63, 3.8) is 0 Å². The van der Waals surface area contributed by atoms with Crippen LogP contribution in [0.4, 0.5) is 4.79 Å². The third kappa shape index (κ3) is 3.73. The minimum atomic E-state index is -0.806. The van der Waals surface area contributed by atoms with E-state index in [4.69, 9.17) is 5.73 Å². The predicted octanol–water partition coefficient (Wildman–Crippen LogP) is 2.84. The molecule has 1 aromatic carbocycles. The van der Waals surface area contributed by atoms with Crippen molar-refractivity contribution in [2.75, 3.05) is 0 Å². The van der Waals surface area contributed by atoms with Crippen molar-refractivity contribution in [3.8, 4) is 0 Å². The number of nitrogens with two attached hydrogens (primary N) is 1. The van der Waals surface area contributed by atoms with Crippen molar-refractivity contribution >= 4 is 6.03 Å². The zero-order valence-electron chi connectivity index (χ0n) is 12.2. The Kier molecular flexibility index (Phi) is 5.01. The van der Waals surface area contributed by atoms with E-state index >= 15 is 0 Å². The molecule has 0 heterocycles. The molecule has 2 amide bonds. The Morgan fingerprint density at radius 2 is 1.90 bits per heavy atom. The molecule has 0 aliphatic heterocycles. The molecule has 0 spiro atoms. The van der Waals surface area contributed by atoms with Crippen molar-refractivity contribution in [1.29, 1.82) is 0 Å². The summed E-state index contributed by atoms with van der Waals surface area (Å²) >= 11 is 0. The van der Waals surface area contributed by atoms with Crippen LogP contribution < -0.4 is 16.4 Å². The maximum Gasteiger partial charge on any atom is 0.316 e. The van der Waals surface area contributed by atoms with Gasteiger partial charge in [-0.25, -0.2) is 4.79 Å². The van der Waals surface area contributed by atoms with Crippen molar-refractivity contribution in [3.05, 3.63) is 35.9 Å². The molecular weight excluding hydrogens is 250 g/mol. The van der Waals surface area contributed by atoms with Crippen LogP contribution in [0, 0.1) is 0 Å². The number of benzene rings is 1. The number of urea groups is 1. The van der Waals surface area contributed by atoms with Gasteiger partial charge >= 0.3 is 6.03 Å². The zero-order chi connectivity index (χ0) is 14.4. The highest BCUT2D eigenvalue weighted by molar-refractivity contribution is 5.75. The lowest BCUT2D eigenvalue weighted by molar-refractivity contribution is 0.215. The summed E-state index contributed by atoms with van der Waals surface area (Å²) in [7, 11) is 0. The van der Waals surface area contributed by atoms with Gasteiger partial charge in [0.15, 0.2) is 0 Å². The molecule has 0 saturated heterocycles. The summed E-state index contributed by atoms with van der Waals surface area (Å²) in [6.45, 7) is 1.98. The molecule has 1 saturated carbocycles. The number of rotatable bonds is 4. The first-order valence-electron chi connectivity index (χ1n) is 7.57. The Hall–Kier alpha value is -1.55. The molecule has 4 nitrogen and oxygen atoms in total. The quantitative estimate of drug-likeness (QED) is 0.740. The van der Waals surface area contributed by atoms with Crippen molar-refractivity contribution in [2.45, 2.75) is 57.2 Å². The van der Waals surface area contributed by atoms with Crippen LogP contribution >= 0.6 is 0 Å². The van der Waals surface area contributed by atoms with Crippen molar-refractivity contribution in [1.82, 2.24) is 10.6 Å². The van der Waals surface area contributed by atoms with Gasteiger partial charge in [-0.1, -0.05) is 56.5 Å². The molecule has 110 valence electrons. The van der Waals surface area contributed by atoms with Crippen molar-refractivity contribution < 1.29 is 4.79 Å². The van der Waals surface area contributed by atoms with E-state index in [-0.39, 0.29) is 6.03 Å². The molecule has 2 rings (SSSR count). The van der Waals surface area contributed by atoms with Gasteiger partial charge in [-0.05, 0) is 24.8 Å². The molecule has 0 bridgehead atoms. The fourth-order valence-corrected chi connectivity index (χ4v) is 2.77. The van der Waals surface area contributed by atoms with Gasteiger partial charge in [0.2, 0.25) is 0 Å². The molecule has 1 atom stereocenters. The monoisotopic (exact) mass is 275 g/mol. The van der Waals surface area contributed by atoms with Gasteiger partial charge in [-0.2, -0.15) is 0 Å². The average Bonchev–Trinajstić information content (AvgIpc) is 2.49. The number of hydrogen-bond acceptors (Lipinski definition) is 2. The van der Waals surface area contributed by atoms with Crippen LogP contribution in [0.15, 0.2) is 30.3 Å². The normalized spacial score (nSPS) is 19.1. The van der Waals surface area contributed by atoms with Gasteiger partial charge < -0.3 is 16.4 Å². The molecule has 1 aromatic rings. The summed E-state index contributed by atoms with van der Waals surface area (Å²) in [5, 5.41) is 5.98. The van der Waals surface area contributed by atoms with E-state index in [1.54, 1.807) is 0 Å². The van der Waals surface area contributed by atoms with Crippen LogP contribution in [0.25, 0.3) is 0 Å². The standard InChI is InChI=1S/C16H25N3O/c1-2-16(17,13-9-5-3-6-10-13)19-15(20)18-14-11-7-4-8-12-14/h3,5-6,9-10,14H,2,4,7-8,11-12,17H2,1H3,(H2,18,19,20). The maximum absolute atomic E-state index is 12.2. The van der Waals surface area contributed by atoms with Crippen LogP contribution in [-0.4, -0.2) is 12.1 Å². The van der Waals surface area contributed by atoms with Crippen molar-refractivity contribution in [2.24, 2.45) is 5.73 Å². The Morgan fingerprint density at radius 3 is 2.50 bits per heavy atom. The summed E-state index contributed by atoms with van der Waals surface area (Å²) in [5.41, 5.74) is 6.48. The van der Waals surface area contributed by atoms with Gasteiger partial charge in [-0.15, -0.1) is 0 Å². The van der Waals surface area contributed by atoms with Gasteiger partial charge in [0.1, 0.15) is 5.66 Å². The van der Waals surface area contributed by atoms with Crippen LogP contribution in [0.2, 0.25) is 0 Å². The topological polar surface area (TPSA) is 67.1 Å². The molecule has 0 radical (unpaired) electrons. The van der Waals surface area contributed by atoms with Crippen LogP contribution in [-0.2, 0) is 5.66 Å². The summed E-state index contributed by atoms with van der Waals surface area (Å²) < 4.78 is 0. The largest absolute Gasteiger partial charge is 0.335 e. The fraction of sp³-hybridized carbons (Fsp3) is 0.562. The minimum absolute atomic E-state index is 0.162.